The van der Waals surface area contributed by atoms with Crippen molar-refractivity contribution in [1.29, 1.82) is 0 Å². The molecule has 0 aliphatic heterocycles. The van der Waals surface area contributed by atoms with Crippen LogP contribution >= 0.6 is 0 Å². The zero-order valence-electron chi connectivity index (χ0n) is 16.6. The van der Waals surface area contributed by atoms with Crippen LogP contribution in [-0.2, 0) is 52.5 Å². The van der Waals surface area contributed by atoms with E-state index in [1.165, 1.54) is 13.8 Å². The molecule has 28 heavy (non-hydrogen) atoms. The van der Waals surface area contributed by atoms with Crippen LogP contribution in [0.25, 0.3) is 0 Å². The van der Waals surface area contributed by atoms with E-state index in [1.54, 1.807) is 13.8 Å². The second-order valence-corrected chi connectivity index (χ2v) is 5.98. The molecule has 9 nitrogen and oxygen atoms in total. The molecule has 0 aromatic rings. The number of hydrogen-bond donors (Lipinski definition) is 2. The number of aliphatic hydroxyl groups is 2. The molecule has 0 fully saturated rings. The summed E-state index contributed by atoms with van der Waals surface area (Å²) in [5.41, 5.74) is 0. The maximum absolute atomic E-state index is 11.0. The van der Waals surface area contributed by atoms with Crippen LogP contribution in [-0.4, -0.2) is 57.1 Å². The molecule has 0 amide bonds. The monoisotopic (exact) mass is 436 g/mol. The van der Waals surface area contributed by atoms with Gasteiger partial charge in [0, 0.05) is 12.8 Å². The molecule has 10 heteroatoms. The first kappa shape index (κ1) is 31.2. The van der Waals surface area contributed by atoms with Gasteiger partial charge in [0.25, 0.3) is 0 Å². The second kappa shape index (κ2) is 18.8. The molecule has 0 radical (unpaired) electrons. The summed E-state index contributed by atoms with van der Waals surface area (Å²) in [6.45, 7) is 5.93. The van der Waals surface area contributed by atoms with E-state index >= 15 is 0 Å². The molecule has 0 aliphatic rings. The molecule has 0 aliphatic carbocycles. The summed E-state index contributed by atoms with van der Waals surface area (Å²) in [7, 11) is 0. The van der Waals surface area contributed by atoms with Crippen LogP contribution in [0.1, 0.15) is 66.2 Å². The van der Waals surface area contributed by atoms with E-state index in [-0.39, 0.29) is 37.2 Å². The fraction of sp³-hybridized carbons (Fsp3) is 0.667. The number of ketones is 6. The number of carbonyl (C=O) groups excluding carboxylic acids is 6. The van der Waals surface area contributed by atoms with E-state index in [0.717, 1.165) is 20.4 Å². The van der Waals surface area contributed by atoms with Crippen molar-refractivity contribution < 1.29 is 62.7 Å². The van der Waals surface area contributed by atoms with Crippen molar-refractivity contribution >= 4 is 34.7 Å². The van der Waals surface area contributed by atoms with Gasteiger partial charge in [0.05, 0.1) is 25.0 Å². The van der Waals surface area contributed by atoms with Crippen LogP contribution in [0, 0.1) is 0 Å². The first-order chi connectivity index (χ1) is 12.9. The van der Waals surface area contributed by atoms with Crippen LogP contribution in [0.2, 0.25) is 0 Å². The minimum atomic E-state index is -0.775. The molecular formula is C18H28O9Ti. The molecule has 0 saturated carbocycles. The Hall–Kier alpha value is -1.55. The van der Waals surface area contributed by atoms with Gasteiger partial charge >= 0.3 is 23.7 Å². The summed E-state index contributed by atoms with van der Waals surface area (Å²) in [5.74, 6) is -3.40. The Morgan fingerprint density at radius 1 is 0.643 bits per heavy atom. The third-order valence-electron chi connectivity index (χ3n) is 3.23. The zero-order valence-corrected chi connectivity index (χ0v) is 18.2. The Morgan fingerprint density at radius 3 is 1.07 bits per heavy atom. The van der Waals surface area contributed by atoms with Crippen molar-refractivity contribution in [1.82, 2.24) is 0 Å². The molecule has 0 rings (SSSR count). The van der Waals surface area contributed by atoms with E-state index in [9.17, 15) is 28.8 Å². The van der Waals surface area contributed by atoms with E-state index in [1.807, 2.05) is 0 Å². The van der Waals surface area contributed by atoms with Gasteiger partial charge in [-0.3, -0.25) is 28.8 Å². The van der Waals surface area contributed by atoms with E-state index in [0.29, 0.717) is 12.8 Å². The number of aliphatic hydroxyl groups excluding tert-OH is 2. The van der Waals surface area contributed by atoms with Crippen molar-refractivity contribution in [3.8, 4) is 0 Å². The van der Waals surface area contributed by atoms with Gasteiger partial charge in [-0.1, -0.05) is 13.8 Å². The fourth-order valence-corrected chi connectivity index (χ4v) is 1.59. The topological polar surface area (TPSA) is 160 Å². The molecule has 2 unspecified atom stereocenters. The number of hydrogen-bond acceptors (Lipinski definition) is 9. The quantitative estimate of drug-likeness (QED) is 0.251. The number of rotatable bonds is 12. The van der Waals surface area contributed by atoms with Gasteiger partial charge in [-0.15, -0.1) is 0 Å². The van der Waals surface area contributed by atoms with Gasteiger partial charge in [-0.25, -0.2) is 0 Å². The molecular weight excluding hydrogens is 408 g/mol. The average molecular weight is 436 g/mol. The average Bonchev–Trinajstić information content (AvgIpc) is 2.62. The van der Waals surface area contributed by atoms with Gasteiger partial charge in [0.15, 0.2) is 0 Å². The van der Waals surface area contributed by atoms with Crippen LogP contribution in [0.4, 0.5) is 0 Å². The molecule has 158 valence electrons. The normalized spacial score (nSPS) is 11.5. The molecule has 2 N–H and O–H groups in total. The van der Waals surface area contributed by atoms with E-state index in [2.05, 4.69) is 0 Å². The van der Waals surface area contributed by atoms with Crippen LogP contribution in [0.3, 0.4) is 0 Å². The molecule has 0 aromatic heterocycles. The maximum atomic E-state index is 11.0. The summed E-state index contributed by atoms with van der Waals surface area (Å²) < 4.78 is 8.25. The van der Waals surface area contributed by atoms with Gasteiger partial charge in [0.1, 0.15) is 11.6 Å². The molecule has 0 saturated heterocycles. The Bertz CT molecular complexity index is 509. The van der Waals surface area contributed by atoms with Gasteiger partial charge in [0.2, 0.25) is 23.1 Å². The molecule has 0 bridgehead atoms. The zero-order chi connectivity index (χ0) is 22.9. The standard InChI is InChI=1S/2C9H14O4.O.Ti/c2*1-3-7(11)5-9(13)8(12)4-6(2)10;;/h2*7,11H,3-5H2,1-2H3;;. The van der Waals surface area contributed by atoms with Crippen LogP contribution in [0.5, 0.6) is 0 Å². The third kappa shape index (κ3) is 19.2. The van der Waals surface area contributed by atoms with Gasteiger partial charge in [-0.05, 0) is 26.7 Å². The Balaban J connectivity index is -0.000000410. The fourth-order valence-electron chi connectivity index (χ4n) is 1.59. The summed E-state index contributed by atoms with van der Waals surface area (Å²) in [6.07, 6.45) is -1.75. The van der Waals surface area contributed by atoms with Gasteiger partial charge in [-0.2, -0.15) is 0 Å². The molecule has 2 atom stereocenters. The first-order valence-electron chi connectivity index (χ1n) is 8.61. The SMILES string of the molecule is CCC(O)CC(=O)C(=O)CC(C)=O.CCC(O)CC(=O)C(=O)CC(C)=O.[O]=[Ti]. The summed E-state index contributed by atoms with van der Waals surface area (Å²) in [4.78, 5) is 64.8. The minimum absolute atomic E-state index is 0.178. The van der Waals surface area contributed by atoms with Crippen molar-refractivity contribution in [2.75, 3.05) is 0 Å². The van der Waals surface area contributed by atoms with Crippen LogP contribution in [0.15, 0.2) is 0 Å². The summed E-state index contributed by atoms with van der Waals surface area (Å²) in [6, 6.07) is 0. The van der Waals surface area contributed by atoms with Crippen LogP contribution < -0.4 is 0 Å². The van der Waals surface area contributed by atoms with Gasteiger partial charge < -0.3 is 10.2 Å². The molecule has 0 spiro atoms. The third-order valence-corrected chi connectivity index (χ3v) is 3.23. The summed E-state index contributed by atoms with van der Waals surface area (Å²) in [5, 5.41) is 18.1. The predicted molar refractivity (Wildman–Crippen MR) is 93.1 cm³/mol. The van der Waals surface area contributed by atoms with Crippen molar-refractivity contribution in [3.05, 3.63) is 0 Å². The molecule has 0 aromatic carbocycles. The van der Waals surface area contributed by atoms with Crippen molar-refractivity contribution in [2.45, 2.75) is 78.4 Å². The predicted octanol–water partition coefficient (Wildman–Crippen LogP) is 0.408. The van der Waals surface area contributed by atoms with Crippen molar-refractivity contribution in [3.63, 3.8) is 0 Å². The Morgan fingerprint density at radius 2 is 0.893 bits per heavy atom. The Labute approximate surface area is 176 Å². The van der Waals surface area contributed by atoms with E-state index < -0.39 is 35.3 Å². The first-order valence-corrected chi connectivity index (χ1v) is 9.25. The Kier molecular flexibility index (Phi) is 20.9. The van der Waals surface area contributed by atoms with Crippen molar-refractivity contribution in [2.24, 2.45) is 0 Å². The van der Waals surface area contributed by atoms with E-state index in [4.69, 9.17) is 13.5 Å². The number of carbonyl (C=O) groups is 6. The number of Topliss-reactive ketones (excluding diaryl/α,β-unsaturated/α-hetero) is 6. The molecule has 0 heterocycles. The second-order valence-electron chi connectivity index (χ2n) is 5.98. The summed E-state index contributed by atoms with van der Waals surface area (Å²) >= 11 is 0.750.